The standard InChI is InChI=1S/C12H18N2O/c1-9(13)10-2-4-11(5-3-10)14-7-6-12(15)8-14/h2-5,9,12,15H,6-8,13H2,1H3/t9-,12?/m0/s1. The Morgan fingerprint density at radius 1 is 1.40 bits per heavy atom. The lowest BCUT2D eigenvalue weighted by Crippen LogP contribution is -2.21. The van der Waals surface area contributed by atoms with E-state index in [0.717, 1.165) is 25.1 Å². The summed E-state index contributed by atoms with van der Waals surface area (Å²) in [5.41, 5.74) is 8.11. The van der Waals surface area contributed by atoms with Gasteiger partial charge in [0.15, 0.2) is 0 Å². The van der Waals surface area contributed by atoms with E-state index in [1.807, 2.05) is 6.92 Å². The predicted octanol–water partition coefficient (Wildman–Crippen LogP) is 1.28. The van der Waals surface area contributed by atoms with Crippen molar-refractivity contribution in [2.45, 2.75) is 25.5 Å². The van der Waals surface area contributed by atoms with E-state index in [1.54, 1.807) is 0 Å². The highest BCUT2D eigenvalue weighted by molar-refractivity contribution is 5.49. The number of hydrogen-bond acceptors (Lipinski definition) is 3. The van der Waals surface area contributed by atoms with E-state index in [4.69, 9.17) is 5.73 Å². The number of benzene rings is 1. The lowest BCUT2D eigenvalue weighted by molar-refractivity contribution is 0.198. The first-order chi connectivity index (χ1) is 7.16. The first-order valence-electron chi connectivity index (χ1n) is 5.45. The Kier molecular flexibility index (Phi) is 2.93. The summed E-state index contributed by atoms with van der Waals surface area (Å²) in [5, 5.41) is 9.44. The Bertz CT molecular complexity index is 321. The largest absolute Gasteiger partial charge is 0.391 e. The lowest BCUT2D eigenvalue weighted by Gasteiger charge is -2.18. The zero-order valence-corrected chi connectivity index (χ0v) is 9.06. The number of rotatable bonds is 2. The van der Waals surface area contributed by atoms with Gasteiger partial charge in [-0.25, -0.2) is 0 Å². The van der Waals surface area contributed by atoms with Crippen LogP contribution in [0.25, 0.3) is 0 Å². The van der Waals surface area contributed by atoms with Crippen LogP contribution < -0.4 is 10.6 Å². The number of aliphatic hydroxyl groups excluding tert-OH is 1. The zero-order valence-electron chi connectivity index (χ0n) is 9.06. The van der Waals surface area contributed by atoms with Crippen LogP contribution in [0.1, 0.15) is 24.9 Å². The van der Waals surface area contributed by atoms with Gasteiger partial charge in [-0.15, -0.1) is 0 Å². The van der Waals surface area contributed by atoms with Gasteiger partial charge in [0.05, 0.1) is 6.10 Å². The number of β-amino-alcohol motifs (C(OH)–C–C–N with tert-alkyl or cyclic N) is 1. The molecular weight excluding hydrogens is 188 g/mol. The molecule has 0 radical (unpaired) electrons. The Morgan fingerprint density at radius 2 is 2.07 bits per heavy atom. The minimum absolute atomic E-state index is 0.0863. The van der Waals surface area contributed by atoms with Crippen LogP contribution in [0.3, 0.4) is 0 Å². The van der Waals surface area contributed by atoms with Crippen molar-refractivity contribution in [2.24, 2.45) is 5.73 Å². The minimum atomic E-state index is -0.168. The Balaban J connectivity index is 2.10. The maximum atomic E-state index is 9.44. The van der Waals surface area contributed by atoms with Gasteiger partial charge in [-0.1, -0.05) is 12.1 Å². The average molecular weight is 206 g/mol. The fraction of sp³-hybridized carbons (Fsp3) is 0.500. The first-order valence-corrected chi connectivity index (χ1v) is 5.45. The third kappa shape index (κ3) is 2.30. The van der Waals surface area contributed by atoms with Crippen molar-refractivity contribution >= 4 is 5.69 Å². The summed E-state index contributed by atoms with van der Waals surface area (Å²) in [7, 11) is 0. The van der Waals surface area contributed by atoms with Gasteiger partial charge in [0.1, 0.15) is 0 Å². The SMILES string of the molecule is C[C@H](N)c1ccc(N2CCC(O)C2)cc1. The third-order valence-corrected chi connectivity index (χ3v) is 2.95. The molecule has 0 aliphatic carbocycles. The van der Waals surface area contributed by atoms with E-state index in [0.29, 0.717) is 0 Å². The van der Waals surface area contributed by atoms with Crippen LogP contribution in [0.5, 0.6) is 0 Å². The molecule has 0 bridgehead atoms. The van der Waals surface area contributed by atoms with Gasteiger partial charge < -0.3 is 15.7 Å². The second-order valence-corrected chi connectivity index (χ2v) is 4.27. The molecule has 15 heavy (non-hydrogen) atoms. The summed E-state index contributed by atoms with van der Waals surface area (Å²) >= 11 is 0. The van der Waals surface area contributed by atoms with Gasteiger partial charge in [-0.05, 0) is 31.0 Å². The van der Waals surface area contributed by atoms with E-state index in [2.05, 4.69) is 29.2 Å². The summed E-state index contributed by atoms with van der Waals surface area (Å²) < 4.78 is 0. The molecule has 1 heterocycles. The smallest absolute Gasteiger partial charge is 0.0731 e. The van der Waals surface area contributed by atoms with Crippen LogP contribution in [-0.2, 0) is 0 Å². The molecule has 0 aromatic heterocycles. The molecule has 1 unspecified atom stereocenters. The molecule has 2 atom stereocenters. The van der Waals surface area contributed by atoms with Crippen molar-refractivity contribution in [3.05, 3.63) is 29.8 Å². The average Bonchev–Trinajstić information content (AvgIpc) is 2.65. The highest BCUT2D eigenvalue weighted by atomic mass is 16.3. The van der Waals surface area contributed by atoms with E-state index < -0.39 is 0 Å². The number of aliphatic hydroxyl groups is 1. The highest BCUT2D eigenvalue weighted by Gasteiger charge is 2.20. The normalized spacial score (nSPS) is 23.1. The lowest BCUT2D eigenvalue weighted by atomic mass is 10.1. The van der Waals surface area contributed by atoms with E-state index in [1.165, 1.54) is 5.69 Å². The summed E-state index contributed by atoms with van der Waals surface area (Å²) in [6.45, 7) is 3.67. The van der Waals surface area contributed by atoms with Crippen molar-refractivity contribution in [3.8, 4) is 0 Å². The van der Waals surface area contributed by atoms with Gasteiger partial charge in [-0.2, -0.15) is 0 Å². The highest BCUT2D eigenvalue weighted by Crippen LogP contribution is 2.22. The van der Waals surface area contributed by atoms with Crippen LogP contribution >= 0.6 is 0 Å². The van der Waals surface area contributed by atoms with Crippen molar-refractivity contribution in [1.29, 1.82) is 0 Å². The fourth-order valence-corrected chi connectivity index (χ4v) is 1.97. The van der Waals surface area contributed by atoms with Gasteiger partial charge in [-0.3, -0.25) is 0 Å². The number of nitrogens with two attached hydrogens (primary N) is 1. The number of nitrogens with zero attached hydrogens (tertiary/aromatic N) is 1. The van der Waals surface area contributed by atoms with Gasteiger partial charge in [0.2, 0.25) is 0 Å². The molecule has 82 valence electrons. The van der Waals surface area contributed by atoms with Crippen LogP contribution in [-0.4, -0.2) is 24.3 Å². The van der Waals surface area contributed by atoms with Crippen molar-refractivity contribution in [1.82, 2.24) is 0 Å². The van der Waals surface area contributed by atoms with E-state index in [9.17, 15) is 5.11 Å². The topological polar surface area (TPSA) is 49.5 Å². The number of hydrogen-bond donors (Lipinski definition) is 2. The molecule has 0 amide bonds. The molecule has 1 aromatic rings. The molecule has 1 saturated heterocycles. The molecule has 1 aromatic carbocycles. The first kappa shape index (κ1) is 10.5. The second-order valence-electron chi connectivity index (χ2n) is 4.27. The second kappa shape index (κ2) is 4.21. The number of anilines is 1. The van der Waals surface area contributed by atoms with Crippen molar-refractivity contribution < 1.29 is 5.11 Å². The molecule has 0 saturated carbocycles. The maximum Gasteiger partial charge on any atom is 0.0731 e. The van der Waals surface area contributed by atoms with Crippen LogP contribution in [0.15, 0.2) is 24.3 Å². The summed E-state index contributed by atoms with van der Waals surface area (Å²) in [4.78, 5) is 2.20. The molecule has 1 aliphatic heterocycles. The van der Waals surface area contributed by atoms with Crippen LogP contribution in [0, 0.1) is 0 Å². The van der Waals surface area contributed by atoms with Crippen LogP contribution in [0.4, 0.5) is 5.69 Å². The van der Waals surface area contributed by atoms with Crippen molar-refractivity contribution in [3.63, 3.8) is 0 Å². The van der Waals surface area contributed by atoms with Crippen LogP contribution in [0.2, 0.25) is 0 Å². The predicted molar refractivity (Wildman–Crippen MR) is 61.9 cm³/mol. The molecule has 3 heteroatoms. The monoisotopic (exact) mass is 206 g/mol. The molecule has 2 rings (SSSR count). The fourth-order valence-electron chi connectivity index (χ4n) is 1.97. The summed E-state index contributed by atoms with van der Waals surface area (Å²) in [6.07, 6.45) is 0.702. The van der Waals surface area contributed by atoms with Gasteiger partial charge in [0, 0.05) is 24.8 Å². The molecular formula is C12H18N2O. The Hall–Kier alpha value is -1.06. The molecule has 0 spiro atoms. The molecule has 3 nitrogen and oxygen atoms in total. The minimum Gasteiger partial charge on any atom is -0.391 e. The summed E-state index contributed by atoms with van der Waals surface area (Å²) in [5.74, 6) is 0. The Morgan fingerprint density at radius 3 is 2.53 bits per heavy atom. The maximum absolute atomic E-state index is 9.44. The van der Waals surface area contributed by atoms with E-state index in [-0.39, 0.29) is 12.1 Å². The zero-order chi connectivity index (χ0) is 10.8. The quantitative estimate of drug-likeness (QED) is 0.766. The van der Waals surface area contributed by atoms with Gasteiger partial charge in [0.25, 0.3) is 0 Å². The molecule has 1 aliphatic rings. The van der Waals surface area contributed by atoms with Crippen molar-refractivity contribution in [2.75, 3.05) is 18.0 Å². The molecule has 3 N–H and O–H groups in total. The summed E-state index contributed by atoms with van der Waals surface area (Å²) in [6, 6.07) is 8.37. The van der Waals surface area contributed by atoms with Gasteiger partial charge >= 0.3 is 0 Å². The molecule has 1 fully saturated rings. The van der Waals surface area contributed by atoms with E-state index >= 15 is 0 Å². The third-order valence-electron chi connectivity index (χ3n) is 2.95. The Labute approximate surface area is 90.5 Å².